The molecule has 4 N–H and O–H groups in total. The normalized spacial score (nSPS) is 9.74. The zero-order valence-corrected chi connectivity index (χ0v) is 11.6. The number of aldehydes is 1. The first kappa shape index (κ1) is 17.4. The van der Waals surface area contributed by atoms with Crippen LogP contribution in [0.1, 0.15) is 16.8 Å². The van der Waals surface area contributed by atoms with Gasteiger partial charge >= 0.3 is 0 Å². The number of carbonyl (C=O) groups is 1. The molecule has 0 heterocycles. The van der Waals surface area contributed by atoms with E-state index in [9.17, 15) is 4.79 Å². The van der Waals surface area contributed by atoms with Gasteiger partial charge in [0.25, 0.3) is 0 Å². The summed E-state index contributed by atoms with van der Waals surface area (Å²) in [6.45, 7) is 0.402. The van der Waals surface area contributed by atoms with Crippen LogP contribution in [0, 0.1) is 0 Å². The second-order valence-corrected chi connectivity index (χ2v) is 3.45. The van der Waals surface area contributed by atoms with E-state index in [2.05, 4.69) is 5.73 Å². The molecule has 1 aromatic carbocycles. The number of hydrogen-bond donors (Lipinski definition) is 2. The Morgan fingerprint density at radius 2 is 1.89 bits per heavy atom. The van der Waals surface area contributed by atoms with Crippen LogP contribution in [-0.2, 0) is 9.47 Å². The number of nitrogen functional groups attached to an aromatic ring is 1. The molecule has 19 heavy (non-hydrogen) atoms. The van der Waals surface area contributed by atoms with Crippen molar-refractivity contribution in [3.05, 3.63) is 23.8 Å². The van der Waals surface area contributed by atoms with Gasteiger partial charge in [-0.2, -0.15) is 0 Å². The standard InChI is InChI=1S/C12H17NO4.CH5N/c1-15-12(16-2)5-6-17-11-7-9(8-14)3-4-10(11)13;1-2/h3-4,7-8,12H,5-6,13H2,1-2H3;2H2,1H3. The van der Waals surface area contributed by atoms with E-state index in [1.54, 1.807) is 32.4 Å². The van der Waals surface area contributed by atoms with E-state index in [4.69, 9.17) is 19.9 Å². The van der Waals surface area contributed by atoms with Gasteiger partial charge in [-0.1, -0.05) is 0 Å². The molecule has 0 unspecified atom stereocenters. The van der Waals surface area contributed by atoms with E-state index >= 15 is 0 Å². The number of methoxy groups -OCH3 is 2. The number of nitrogens with two attached hydrogens (primary N) is 2. The lowest BCUT2D eigenvalue weighted by molar-refractivity contribution is -0.110. The first-order valence-corrected chi connectivity index (χ1v) is 5.82. The summed E-state index contributed by atoms with van der Waals surface area (Å²) < 4.78 is 15.5. The number of hydrogen-bond acceptors (Lipinski definition) is 6. The molecule has 1 rings (SSSR count). The molecule has 0 aliphatic heterocycles. The minimum absolute atomic E-state index is 0.300. The van der Waals surface area contributed by atoms with Crippen LogP contribution >= 0.6 is 0 Å². The lowest BCUT2D eigenvalue weighted by Crippen LogP contribution is -2.16. The maximum atomic E-state index is 10.6. The van der Waals surface area contributed by atoms with Crippen molar-refractivity contribution in [2.45, 2.75) is 12.7 Å². The molecule has 0 saturated heterocycles. The molecule has 0 bridgehead atoms. The lowest BCUT2D eigenvalue weighted by atomic mass is 10.2. The molecule has 108 valence electrons. The van der Waals surface area contributed by atoms with Gasteiger partial charge in [-0.15, -0.1) is 0 Å². The highest BCUT2D eigenvalue weighted by atomic mass is 16.7. The SMILES string of the molecule is CN.COC(CCOc1cc(C=O)ccc1N)OC. The molecule has 0 amide bonds. The van der Waals surface area contributed by atoms with E-state index in [0.29, 0.717) is 30.0 Å². The highest BCUT2D eigenvalue weighted by molar-refractivity contribution is 5.77. The Morgan fingerprint density at radius 3 is 2.42 bits per heavy atom. The number of ether oxygens (including phenoxy) is 3. The van der Waals surface area contributed by atoms with E-state index in [1.807, 2.05) is 0 Å². The average Bonchev–Trinajstić information content (AvgIpc) is 2.47. The van der Waals surface area contributed by atoms with Crippen LogP contribution < -0.4 is 16.2 Å². The van der Waals surface area contributed by atoms with Gasteiger partial charge in [0.2, 0.25) is 0 Å². The van der Waals surface area contributed by atoms with Gasteiger partial charge in [-0.3, -0.25) is 4.79 Å². The predicted molar refractivity (Wildman–Crippen MR) is 74.3 cm³/mol. The Morgan fingerprint density at radius 1 is 1.26 bits per heavy atom. The number of anilines is 1. The molecule has 1 aromatic rings. The van der Waals surface area contributed by atoms with Crippen LogP contribution in [-0.4, -0.2) is 40.5 Å². The number of benzene rings is 1. The molecular weight excluding hydrogens is 248 g/mol. The highest BCUT2D eigenvalue weighted by Crippen LogP contribution is 2.22. The van der Waals surface area contributed by atoms with Crippen LogP contribution in [0.15, 0.2) is 18.2 Å². The fraction of sp³-hybridized carbons (Fsp3) is 0.462. The van der Waals surface area contributed by atoms with Crippen molar-refractivity contribution >= 4 is 12.0 Å². The van der Waals surface area contributed by atoms with E-state index in [-0.39, 0.29) is 6.29 Å². The highest BCUT2D eigenvalue weighted by Gasteiger charge is 2.07. The Bertz CT molecular complexity index is 368. The predicted octanol–water partition coefficient (Wildman–Crippen LogP) is 1.04. The van der Waals surface area contributed by atoms with Crippen molar-refractivity contribution in [1.29, 1.82) is 0 Å². The molecule has 0 aliphatic carbocycles. The largest absolute Gasteiger partial charge is 0.491 e. The summed E-state index contributed by atoms with van der Waals surface area (Å²) in [5, 5.41) is 0. The maximum absolute atomic E-state index is 10.6. The van der Waals surface area contributed by atoms with Crippen molar-refractivity contribution in [3.63, 3.8) is 0 Å². The summed E-state index contributed by atoms with van der Waals surface area (Å²) in [6, 6.07) is 4.89. The van der Waals surface area contributed by atoms with Crippen LogP contribution in [0.5, 0.6) is 5.75 Å². The van der Waals surface area contributed by atoms with Gasteiger partial charge < -0.3 is 25.7 Å². The number of carbonyl (C=O) groups excluding carboxylic acids is 1. The quantitative estimate of drug-likeness (QED) is 0.436. The first-order valence-electron chi connectivity index (χ1n) is 5.82. The zero-order valence-electron chi connectivity index (χ0n) is 11.6. The zero-order chi connectivity index (χ0) is 14.7. The van der Waals surface area contributed by atoms with Gasteiger partial charge in [0.15, 0.2) is 6.29 Å². The van der Waals surface area contributed by atoms with Crippen molar-refractivity contribution in [1.82, 2.24) is 0 Å². The third kappa shape index (κ3) is 6.19. The average molecular weight is 270 g/mol. The molecule has 6 nitrogen and oxygen atoms in total. The summed E-state index contributed by atoms with van der Waals surface area (Å²) in [4.78, 5) is 10.6. The van der Waals surface area contributed by atoms with Crippen molar-refractivity contribution in [2.75, 3.05) is 33.6 Å². The molecule has 0 atom stereocenters. The van der Waals surface area contributed by atoms with Gasteiger partial charge in [-0.05, 0) is 25.2 Å². The third-order valence-electron chi connectivity index (χ3n) is 2.31. The van der Waals surface area contributed by atoms with Crippen LogP contribution in [0.25, 0.3) is 0 Å². The Kier molecular flexibility index (Phi) is 9.42. The molecule has 6 heteroatoms. The van der Waals surface area contributed by atoms with Gasteiger partial charge in [0, 0.05) is 26.2 Å². The Hall–Kier alpha value is -1.63. The number of rotatable bonds is 7. The third-order valence-corrected chi connectivity index (χ3v) is 2.31. The van der Waals surface area contributed by atoms with Gasteiger partial charge in [0.1, 0.15) is 12.0 Å². The van der Waals surface area contributed by atoms with Crippen molar-refractivity contribution in [3.8, 4) is 5.75 Å². The van der Waals surface area contributed by atoms with Gasteiger partial charge in [-0.25, -0.2) is 0 Å². The van der Waals surface area contributed by atoms with E-state index in [0.717, 1.165) is 6.29 Å². The summed E-state index contributed by atoms with van der Waals surface area (Å²) in [6.07, 6.45) is 1.03. The summed E-state index contributed by atoms with van der Waals surface area (Å²) >= 11 is 0. The Labute approximate surface area is 113 Å². The second kappa shape index (κ2) is 10.3. The minimum atomic E-state index is -0.300. The Balaban J connectivity index is 0.00000154. The molecule has 0 fully saturated rings. The van der Waals surface area contributed by atoms with Crippen LogP contribution in [0.4, 0.5) is 5.69 Å². The molecule has 0 aliphatic rings. The molecular formula is C13H22N2O4. The molecule has 0 radical (unpaired) electrons. The van der Waals surface area contributed by atoms with Gasteiger partial charge in [0.05, 0.1) is 12.3 Å². The van der Waals surface area contributed by atoms with Crippen LogP contribution in [0.2, 0.25) is 0 Å². The van der Waals surface area contributed by atoms with Crippen molar-refractivity contribution < 1.29 is 19.0 Å². The van der Waals surface area contributed by atoms with Crippen LogP contribution in [0.3, 0.4) is 0 Å². The fourth-order valence-corrected chi connectivity index (χ4v) is 1.35. The molecule has 0 spiro atoms. The smallest absolute Gasteiger partial charge is 0.160 e. The minimum Gasteiger partial charge on any atom is -0.491 e. The van der Waals surface area contributed by atoms with E-state index < -0.39 is 0 Å². The monoisotopic (exact) mass is 270 g/mol. The summed E-state index contributed by atoms with van der Waals surface area (Å²) in [5.74, 6) is 0.501. The maximum Gasteiger partial charge on any atom is 0.160 e. The summed E-state index contributed by atoms with van der Waals surface area (Å²) in [5.41, 5.74) is 11.3. The van der Waals surface area contributed by atoms with E-state index in [1.165, 1.54) is 7.05 Å². The first-order chi connectivity index (χ1) is 9.21. The molecule has 0 aromatic heterocycles. The fourth-order valence-electron chi connectivity index (χ4n) is 1.35. The second-order valence-electron chi connectivity index (χ2n) is 3.45. The topological polar surface area (TPSA) is 96.8 Å². The lowest BCUT2D eigenvalue weighted by Gasteiger charge is -2.14. The van der Waals surface area contributed by atoms with Crippen molar-refractivity contribution in [2.24, 2.45) is 5.73 Å². The summed E-state index contributed by atoms with van der Waals surface area (Å²) in [7, 11) is 4.63. The molecule has 0 saturated carbocycles.